The van der Waals surface area contributed by atoms with Crippen molar-refractivity contribution in [2.45, 2.75) is 122 Å². The quantitative estimate of drug-likeness (QED) is 0.208. The largest absolute Gasteiger partial charge is 2.00 e. The minimum absolute atomic E-state index is 0. The summed E-state index contributed by atoms with van der Waals surface area (Å²) in [5, 5.41) is 27.5. The summed E-state index contributed by atoms with van der Waals surface area (Å²) < 4.78 is -0.750. The summed E-state index contributed by atoms with van der Waals surface area (Å²) in [7, 11) is 4.12. The number of rotatable bonds is 7. The van der Waals surface area contributed by atoms with E-state index in [4.69, 9.17) is 34.8 Å². The molecule has 0 radical (unpaired) electrons. The zero-order valence-corrected chi connectivity index (χ0v) is 34.1. The Labute approximate surface area is 303 Å². The van der Waals surface area contributed by atoms with E-state index in [1.165, 1.54) is 11.1 Å². The number of likely N-dealkylation sites (N-methyl/N-ethyl adjacent to an activating group) is 1. The maximum absolute atomic E-state index is 13.8. The van der Waals surface area contributed by atoms with E-state index in [0.29, 0.717) is 13.1 Å². The Balaban J connectivity index is -0.00000237. The molecular formula is C35H55Cl3MoN2O4-6. The first kappa shape index (κ1) is 48.8. The molecule has 2 aromatic rings. The van der Waals surface area contributed by atoms with Gasteiger partial charge >= 0.3 is 0 Å². The van der Waals surface area contributed by atoms with Gasteiger partial charge in [0, 0.05) is 47.2 Å². The molecule has 0 aliphatic heterocycles. The van der Waals surface area contributed by atoms with Gasteiger partial charge in [0.2, 0.25) is 0 Å². The van der Waals surface area contributed by atoms with Crippen LogP contribution in [0.4, 0.5) is 0 Å². The van der Waals surface area contributed by atoms with Crippen molar-refractivity contribution >= 4 is 34.8 Å². The Bertz CT molecular complexity index is 1090. The Hall–Kier alpha value is -0.562. The second-order valence-corrected chi connectivity index (χ2v) is 17.8. The maximum atomic E-state index is 13.8. The summed E-state index contributed by atoms with van der Waals surface area (Å²) in [6.45, 7) is 28.5. The summed E-state index contributed by atoms with van der Waals surface area (Å²) in [6, 6.07) is 8.41. The Morgan fingerprint density at radius 1 is 0.578 bits per heavy atom. The average molecular weight is 770 g/mol. The molecule has 0 amide bonds. The van der Waals surface area contributed by atoms with E-state index in [1.54, 1.807) is 0 Å². The van der Waals surface area contributed by atoms with Gasteiger partial charge in [-0.15, -0.1) is 11.5 Å². The molecule has 45 heavy (non-hydrogen) atoms. The average Bonchev–Trinajstić information content (AvgIpc) is 2.76. The second-order valence-electron chi connectivity index (χ2n) is 15.8. The Morgan fingerprint density at radius 3 is 1.09 bits per heavy atom. The second kappa shape index (κ2) is 18.8. The minimum atomic E-state index is -0.750. The molecule has 0 unspecified atom stereocenters. The summed E-state index contributed by atoms with van der Waals surface area (Å²) in [5.74, 6) is 0.253. The van der Waals surface area contributed by atoms with Crippen LogP contribution in [0.15, 0.2) is 24.3 Å². The number of hydrogen-bond donors (Lipinski definition) is 0. The molecule has 0 aliphatic rings. The van der Waals surface area contributed by atoms with Crippen LogP contribution < -0.4 is 10.2 Å². The summed E-state index contributed by atoms with van der Waals surface area (Å²) >= 11 is 14.4. The molecule has 10 heteroatoms. The van der Waals surface area contributed by atoms with Crippen molar-refractivity contribution in [2.24, 2.45) is 0 Å². The van der Waals surface area contributed by atoms with E-state index in [2.05, 4.69) is 131 Å². The molecule has 262 valence electrons. The number of hydrogen-bond acceptors (Lipinski definition) is 4. The van der Waals surface area contributed by atoms with Gasteiger partial charge in [0.1, 0.15) is 0 Å². The van der Waals surface area contributed by atoms with Gasteiger partial charge in [-0.25, -0.2) is 0 Å². The SMILES string of the molecule is CN(C)CCN(Cc1cc(C(C)(C)C)cc(C(C)(C)C)c1[O-])Cc1cc(C(C)(C)C)cc(C(C)(C)C)c1[O-].ClC(Cl)Cl.[Mo].[O-2].[O-2]. The van der Waals surface area contributed by atoms with Crippen molar-refractivity contribution in [1.29, 1.82) is 0 Å². The van der Waals surface area contributed by atoms with Crippen molar-refractivity contribution in [3.63, 3.8) is 0 Å². The van der Waals surface area contributed by atoms with Crippen LogP contribution in [0.5, 0.6) is 11.5 Å². The van der Waals surface area contributed by atoms with Crippen LogP contribution in [0.2, 0.25) is 0 Å². The van der Waals surface area contributed by atoms with Crippen LogP contribution in [0.3, 0.4) is 0 Å². The first-order valence-corrected chi connectivity index (χ1v) is 16.0. The van der Waals surface area contributed by atoms with Gasteiger partial charge < -0.3 is 26.1 Å². The molecule has 0 atom stereocenters. The maximum Gasteiger partial charge on any atom is 0.180 e. The molecule has 6 nitrogen and oxygen atoms in total. The van der Waals surface area contributed by atoms with E-state index in [9.17, 15) is 10.2 Å². The number of alkyl halides is 3. The Morgan fingerprint density at radius 2 is 0.867 bits per heavy atom. The van der Waals surface area contributed by atoms with Gasteiger partial charge in [-0.1, -0.05) is 142 Å². The summed E-state index contributed by atoms with van der Waals surface area (Å²) in [4.78, 5) is 4.44. The molecule has 0 bridgehead atoms. The fourth-order valence-electron chi connectivity index (χ4n) is 4.63. The van der Waals surface area contributed by atoms with Crippen LogP contribution in [0.25, 0.3) is 0 Å². The van der Waals surface area contributed by atoms with E-state index in [0.717, 1.165) is 35.3 Å². The van der Waals surface area contributed by atoms with Gasteiger partial charge in [0.15, 0.2) is 4.30 Å². The molecular weight excluding hydrogens is 715 g/mol. The topological polar surface area (TPSA) is 110 Å². The number of halogens is 3. The van der Waals surface area contributed by atoms with Crippen molar-refractivity contribution in [1.82, 2.24) is 9.80 Å². The van der Waals surface area contributed by atoms with E-state index in [1.807, 2.05) is 0 Å². The number of nitrogens with zero attached hydrogens (tertiary/aromatic N) is 2. The third-order valence-corrected chi connectivity index (χ3v) is 7.33. The molecule has 0 spiro atoms. The summed E-state index contributed by atoms with van der Waals surface area (Å²) in [6.07, 6.45) is 0. The Kier molecular flexibility index (Phi) is 20.4. The van der Waals surface area contributed by atoms with Crippen molar-refractivity contribution in [3.8, 4) is 11.5 Å². The first-order chi connectivity index (χ1) is 18.7. The van der Waals surface area contributed by atoms with E-state index in [-0.39, 0.29) is 65.2 Å². The van der Waals surface area contributed by atoms with Crippen molar-refractivity contribution in [2.75, 3.05) is 27.2 Å². The van der Waals surface area contributed by atoms with Gasteiger partial charge in [-0.05, 0) is 69.1 Å². The molecule has 0 aromatic heterocycles. The van der Waals surface area contributed by atoms with E-state index < -0.39 is 4.30 Å². The minimum Gasteiger partial charge on any atom is -2.00 e. The van der Waals surface area contributed by atoms with Gasteiger partial charge in [-0.3, -0.25) is 4.90 Å². The van der Waals surface area contributed by atoms with Crippen molar-refractivity contribution in [3.05, 3.63) is 57.6 Å². The molecule has 0 aliphatic carbocycles. The van der Waals surface area contributed by atoms with Gasteiger partial charge in [-0.2, -0.15) is 0 Å². The van der Waals surface area contributed by atoms with Crippen LogP contribution in [0, 0.1) is 0 Å². The summed E-state index contributed by atoms with van der Waals surface area (Å²) in [5.41, 5.74) is 5.09. The third kappa shape index (κ3) is 15.9. The number of benzene rings is 2. The molecule has 2 aromatic carbocycles. The van der Waals surface area contributed by atoms with Crippen LogP contribution in [-0.4, -0.2) is 41.3 Å². The van der Waals surface area contributed by atoms with Gasteiger partial charge in [0.25, 0.3) is 0 Å². The first-order valence-electron chi connectivity index (χ1n) is 14.7. The standard InChI is InChI=1S/C34H56N2O2.CHCl3.Mo.2O/c1-31(2,3)25-17-23(29(37)27(19-25)33(7,8)9)21-36(16-15-35(13)14)22-24-18-26(32(4,5)6)20-28(30(24)38)34(10,11)12;2-1(3)4;;;/h17-20,37-38H,15-16,21-22H2,1-14H3;1H;;;/q;;;2*-2/p-2. The predicted octanol–water partition coefficient (Wildman–Crippen LogP) is 8.33. The van der Waals surface area contributed by atoms with E-state index >= 15 is 0 Å². The molecule has 0 saturated carbocycles. The smallest absolute Gasteiger partial charge is 0.180 e. The van der Waals surface area contributed by atoms with Gasteiger partial charge in [0.05, 0.1) is 0 Å². The fourth-order valence-corrected chi connectivity index (χ4v) is 4.63. The zero-order valence-electron chi connectivity index (χ0n) is 29.8. The normalized spacial score (nSPS) is 12.3. The third-order valence-electron chi connectivity index (χ3n) is 7.33. The van der Waals surface area contributed by atoms with Crippen LogP contribution >= 0.6 is 34.8 Å². The zero-order chi connectivity index (χ0) is 33.0. The molecule has 0 N–H and O–H groups in total. The molecule has 2 rings (SSSR count). The monoisotopic (exact) mass is 770 g/mol. The van der Waals surface area contributed by atoms with Crippen LogP contribution in [-0.2, 0) is 66.8 Å². The van der Waals surface area contributed by atoms with Crippen molar-refractivity contribution < 1.29 is 42.2 Å². The fraction of sp³-hybridized carbons (Fsp3) is 0.657. The molecule has 0 saturated heterocycles. The molecule has 0 heterocycles. The van der Waals surface area contributed by atoms with Crippen LogP contribution in [0.1, 0.15) is 116 Å². The predicted molar refractivity (Wildman–Crippen MR) is 182 cm³/mol. The molecule has 0 fully saturated rings.